The molecule has 0 atom stereocenters. The lowest BCUT2D eigenvalue weighted by Crippen LogP contribution is -2.48. The summed E-state index contributed by atoms with van der Waals surface area (Å²) in [6, 6.07) is 19.6. The molecule has 0 spiro atoms. The number of hydrogen-bond donors (Lipinski definition) is 1. The number of nitro benzene ring substituents is 1. The van der Waals surface area contributed by atoms with E-state index in [9.17, 15) is 36.5 Å². The average Bonchev–Trinajstić information content (AvgIpc) is 3.43. The summed E-state index contributed by atoms with van der Waals surface area (Å²) in [4.78, 5) is 31.7. The first-order chi connectivity index (χ1) is 24.6. The van der Waals surface area contributed by atoms with E-state index in [1.807, 2.05) is 12.1 Å². The number of nitro groups is 1. The molecule has 1 amide bonds. The molecule has 0 unspecified atom stereocenters. The number of carbonyl (C=O) groups excluding carboxylic acids is 1. The molecule has 0 aliphatic carbocycles. The van der Waals surface area contributed by atoms with Crippen molar-refractivity contribution in [1.29, 1.82) is 0 Å². The van der Waals surface area contributed by atoms with Gasteiger partial charge in [0, 0.05) is 63.4 Å². The maximum atomic E-state index is 13.6. The maximum Gasteiger partial charge on any atom is 0.422 e. The molecular formula is C34H30ClF3N6O7S. The minimum Gasteiger partial charge on any atom is -0.484 e. The first kappa shape index (κ1) is 36.4. The Morgan fingerprint density at radius 2 is 1.69 bits per heavy atom. The molecule has 0 saturated carbocycles. The molecule has 1 aliphatic rings. The molecular weight excluding hydrogens is 729 g/mol. The Morgan fingerprint density at radius 3 is 2.35 bits per heavy atom. The van der Waals surface area contributed by atoms with Gasteiger partial charge in [0.2, 0.25) is 5.88 Å². The normalized spacial score (nSPS) is 14.0. The van der Waals surface area contributed by atoms with Gasteiger partial charge in [-0.15, -0.1) is 0 Å². The van der Waals surface area contributed by atoms with E-state index < -0.39 is 33.4 Å². The van der Waals surface area contributed by atoms with Crippen LogP contribution in [0.3, 0.4) is 0 Å². The molecule has 6 rings (SSSR count). The Hall–Kier alpha value is -5.39. The molecule has 0 radical (unpaired) electrons. The van der Waals surface area contributed by atoms with Crippen molar-refractivity contribution in [3.63, 3.8) is 0 Å². The number of ether oxygens (including phenoxy) is 2. The standard InChI is InChI=1S/C34H30ClF3N6O7S/c1-41-29-17-26(51-32-11-5-24(19-39-32)40-52(48,49)27-9-10-28(35)30(18-27)44(46)47)8-4-23(29)16-31(41)33(45)43-14-12-42(13-15-43)20-22-2-6-25(7-3-22)50-21-34(36,37)38/h2-11,16-19,40H,12-15,20-21H2,1H3. The smallest absolute Gasteiger partial charge is 0.422 e. The summed E-state index contributed by atoms with van der Waals surface area (Å²) in [6.07, 6.45) is -3.16. The molecule has 0 bridgehead atoms. The van der Waals surface area contributed by atoms with Gasteiger partial charge < -0.3 is 18.9 Å². The number of nitrogens with one attached hydrogen (secondary N) is 1. The molecule has 3 heterocycles. The van der Waals surface area contributed by atoms with E-state index in [0.717, 1.165) is 34.7 Å². The van der Waals surface area contributed by atoms with Gasteiger partial charge in [0.1, 0.15) is 22.2 Å². The van der Waals surface area contributed by atoms with Crippen molar-refractivity contribution in [2.24, 2.45) is 7.05 Å². The predicted octanol–water partition coefficient (Wildman–Crippen LogP) is 6.63. The van der Waals surface area contributed by atoms with Crippen LogP contribution in [0.25, 0.3) is 10.9 Å². The van der Waals surface area contributed by atoms with Gasteiger partial charge in [-0.25, -0.2) is 13.4 Å². The number of carbonyl (C=O) groups is 1. The van der Waals surface area contributed by atoms with Crippen LogP contribution in [0.4, 0.5) is 24.5 Å². The summed E-state index contributed by atoms with van der Waals surface area (Å²) in [7, 11) is -2.40. The minimum absolute atomic E-state index is 0.0962. The highest BCUT2D eigenvalue weighted by atomic mass is 35.5. The van der Waals surface area contributed by atoms with Crippen LogP contribution in [0.5, 0.6) is 17.4 Å². The number of piperazine rings is 1. The lowest BCUT2D eigenvalue weighted by Gasteiger charge is -2.34. The monoisotopic (exact) mass is 758 g/mol. The van der Waals surface area contributed by atoms with Crippen molar-refractivity contribution in [3.05, 3.63) is 111 Å². The van der Waals surface area contributed by atoms with Gasteiger partial charge >= 0.3 is 6.18 Å². The van der Waals surface area contributed by atoms with Crippen molar-refractivity contribution >= 4 is 49.8 Å². The molecule has 1 fully saturated rings. The van der Waals surface area contributed by atoms with E-state index in [0.29, 0.717) is 44.2 Å². The molecule has 1 saturated heterocycles. The number of nitrogens with zero attached hydrogens (tertiary/aromatic N) is 5. The van der Waals surface area contributed by atoms with Crippen LogP contribution < -0.4 is 14.2 Å². The molecule has 272 valence electrons. The molecule has 13 nitrogen and oxygen atoms in total. The largest absolute Gasteiger partial charge is 0.484 e. The van der Waals surface area contributed by atoms with E-state index >= 15 is 0 Å². The van der Waals surface area contributed by atoms with Crippen molar-refractivity contribution < 1.29 is 40.8 Å². The highest BCUT2D eigenvalue weighted by Crippen LogP contribution is 2.30. The van der Waals surface area contributed by atoms with Crippen LogP contribution in [-0.2, 0) is 23.6 Å². The van der Waals surface area contributed by atoms with Gasteiger partial charge in [0.15, 0.2) is 6.61 Å². The van der Waals surface area contributed by atoms with Crippen molar-refractivity contribution in [3.8, 4) is 17.4 Å². The lowest BCUT2D eigenvalue weighted by atomic mass is 10.2. The van der Waals surface area contributed by atoms with Crippen molar-refractivity contribution in [2.75, 3.05) is 37.5 Å². The van der Waals surface area contributed by atoms with Crippen molar-refractivity contribution in [1.82, 2.24) is 19.4 Å². The Bertz CT molecular complexity index is 2230. The highest BCUT2D eigenvalue weighted by Gasteiger charge is 2.29. The predicted molar refractivity (Wildman–Crippen MR) is 185 cm³/mol. The van der Waals surface area contributed by atoms with E-state index in [1.165, 1.54) is 30.5 Å². The van der Waals surface area contributed by atoms with Gasteiger partial charge in [-0.05, 0) is 54.1 Å². The Labute approximate surface area is 300 Å². The van der Waals surface area contributed by atoms with Gasteiger partial charge in [-0.1, -0.05) is 23.7 Å². The number of fused-ring (bicyclic) bond motifs is 1. The highest BCUT2D eigenvalue weighted by molar-refractivity contribution is 7.92. The summed E-state index contributed by atoms with van der Waals surface area (Å²) in [5, 5.41) is 11.8. The molecule has 1 aliphatic heterocycles. The third kappa shape index (κ3) is 8.55. The number of aromatic nitrogens is 2. The number of benzene rings is 3. The molecule has 1 N–H and O–H groups in total. The second-order valence-corrected chi connectivity index (χ2v) is 14.0. The molecule has 5 aromatic rings. The summed E-state index contributed by atoms with van der Waals surface area (Å²) in [5.41, 5.74) is 1.71. The molecule has 2 aromatic heterocycles. The molecule has 18 heteroatoms. The second-order valence-electron chi connectivity index (χ2n) is 11.9. The number of anilines is 1. The van der Waals surface area contributed by atoms with Crippen molar-refractivity contribution in [2.45, 2.75) is 17.6 Å². The van der Waals surface area contributed by atoms with Crippen LogP contribution >= 0.6 is 11.6 Å². The van der Waals surface area contributed by atoms with Crippen LogP contribution in [0.1, 0.15) is 16.1 Å². The Morgan fingerprint density at radius 1 is 0.981 bits per heavy atom. The zero-order valence-corrected chi connectivity index (χ0v) is 28.9. The first-order valence-corrected chi connectivity index (χ1v) is 17.5. The Balaban J connectivity index is 1.05. The summed E-state index contributed by atoms with van der Waals surface area (Å²) < 4.78 is 77.6. The number of hydrogen-bond acceptors (Lipinski definition) is 9. The maximum absolute atomic E-state index is 13.6. The number of aryl methyl sites for hydroxylation is 1. The van der Waals surface area contributed by atoms with E-state index in [4.69, 9.17) is 21.1 Å². The fourth-order valence-corrected chi connectivity index (χ4v) is 6.85. The quantitative estimate of drug-likeness (QED) is 0.116. The van der Waals surface area contributed by atoms with Crippen LogP contribution in [0.2, 0.25) is 5.02 Å². The average molecular weight is 759 g/mol. The summed E-state index contributed by atoms with van der Waals surface area (Å²) >= 11 is 5.79. The Kier molecular flexibility index (Phi) is 10.3. The topological polar surface area (TPSA) is 149 Å². The fourth-order valence-electron chi connectivity index (χ4n) is 5.60. The zero-order valence-electron chi connectivity index (χ0n) is 27.3. The second kappa shape index (κ2) is 14.7. The van der Waals surface area contributed by atoms with Gasteiger partial charge in [-0.3, -0.25) is 24.5 Å². The van der Waals surface area contributed by atoms with Crippen LogP contribution in [0.15, 0.2) is 90.0 Å². The third-order valence-corrected chi connectivity index (χ3v) is 9.96. The first-order valence-electron chi connectivity index (χ1n) is 15.7. The molecule has 52 heavy (non-hydrogen) atoms. The SMILES string of the molecule is Cn1c(C(=O)N2CCN(Cc3ccc(OCC(F)(F)F)cc3)CC2)cc2ccc(Oc3ccc(NS(=O)(=O)c4ccc(Cl)c([N+](=O)[O-])c4)cn3)cc21. The fraction of sp³-hybridized carbons (Fsp3) is 0.235. The number of rotatable bonds is 11. The van der Waals surface area contributed by atoms with Gasteiger partial charge in [0.05, 0.1) is 27.2 Å². The number of alkyl halides is 3. The summed E-state index contributed by atoms with van der Waals surface area (Å²) in [6.45, 7) is 1.48. The summed E-state index contributed by atoms with van der Waals surface area (Å²) in [5.74, 6) is 0.614. The third-order valence-electron chi connectivity index (χ3n) is 8.26. The lowest BCUT2D eigenvalue weighted by molar-refractivity contribution is -0.384. The zero-order chi connectivity index (χ0) is 37.2. The number of pyridine rings is 1. The minimum atomic E-state index is -4.40. The van der Waals surface area contributed by atoms with E-state index in [-0.39, 0.29) is 33.1 Å². The molecule has 3 aromatic carbocycles. The van der Waals surface area contributed by atoms with Gasteiger partial charge in [-0.2, -0.15) is 13.2 Å². The van der Waals surface area contributed by atoms with Crippen LogP contribution in [-0.4, -0.2) is 77.6 Å². The van der Waals surface area contributed by atoms with E-state index in [2.05, 4.69) is 14.6 Å². The van der Waals surface area contributed by atoms with Gasteiger partial charge in [0.25, 0.3) is 21.6 Å². The number of halogens is 4. The number of sulfonamides is 1. The number of amides is 1. The van der Waals surface area contributed by atoms with E-state index in [1.54, 1.807) is 40.8 Å². The van der Waals surface area contributed by atoms with Crippen LogP contribution in [0, 0.1) is 10.1 Å².